The third-order valence-electron chi connectivity index (χ3n) is 5.18. The van der Waals surface area contributed by atoms with E-state index in [1.807, 2.05) is 60.7 Å². The summed E-state index contributed by atoms with van der Waals surface area (Å²) in [5, 5.41) is 8.00. The van der Waals surface area contributed by atoms with Gasteiger partial charge in [-0.25, -0.2) is 0 Å². The van der Waals surface area contributed by atoms with E-state index in [4.69, 9.17) is 9.26 Å². The summed E-state index contributed by atoms with van der Waals surface area (Å²) in [5.41, 5.74) is 2.00. The fourth-order valence-electron chi connectivity index (χ4n) is 3.44. The molecule has 2 aromatic carbocycles. The van der Waals surface area contributed by atoms with Crippen molar-refractivity contribution in [2.75, 3.05) is 0 Å². The van der Waals surface area contributed by atoms with Gasteiger partial charge in [-0.1, -0.05) is 41.6 Å². The number of amides is 1. The number of nitrogens with zero attached hydrogens (tertiary/aromatic N) is 2. The smallest absolute Gasteiger partial charge is 0.274 e. The number of benzene rings is 2. The average Bonchev–Trinajstić information content (AvgIpc) is 3.39. The largest absolute Gasteiger partial charge is 0.486 e. The molecule has 1 aliphatic carbocycles. The number of nitrogens with one attached hydrogen (secondary N) is 1. The van der Waals surface area contributed by atoms with Crippen molar-refractivity contribution in [2.45, 2.75) is 25.0 Å². The first-order valence-electron chi connectivity index (χ1n) is 9.53. The van der Waals surface area contributed by atoms with E-state index in [0.717, 1.165) is 29.3 Å². The van der Waals surface area contributed by atoms with Crippen LogP contribution in [0.3, 0.4) is 0 Å². The Morgan fingerprint density at radius 1 is 1.07 bits per heavy atom. The molecule has 0 radical (unpaired) electrons. The first-order chi connectivity index (χ1) is 14.2. The maximum atomic E-state index is 12.6. The van der Waals surface area contributed by atoms with Gasteiger partial charge in [-0.15, -0.1) is 0 Å². The summed E-state index contributed by atoms with van der Waals surface area (Å²) in [5.74, 6) is 0.957. The Bertz CT molecular complexity index is 1170. The maximum Gasteiger partial charge on any atom is 0.274 e. The Morgan fingerprint density at radius 2 is 1.93 bits per heavy atom. The van der Waals surface area contributed by atoms with Crippen molar-refractivity contribution in [3.63, 3.8) is 0 Å². The van der Waals surface area contributed by atoms with E-state index in [1.165, 1.54) is 0 Å². The van der Waals surface area contributed by atoms with E-state index >= 15 is 0 Å². The fourth-order valence-corrected chi connectivity index (χ4v) is 3.44. The quantitative estimate of drug-likeness (QED) is 0.538. The molecule has 144 valence electrons. The van der Waals surface area contributed by atoms with Gasteiger partial charge < -0.3 is 14.6 Å². The van der Waals surface area contributed by atoms with Crippen molar-refractivity contribution in [3.8, 4) is 5.75 Å². The molecule has 4 aromatic rings. The molecule has 1 saturated carbocycles. The molecule has 0 spiro atoms. The molecule has 6 nitrogen and oxygen atoms in total. The topological polar surface area (TPSA) is 77.2 Å². The van der Waals surface area contributed by atoms with Gasteiger partial charge in [-0.05, 0) is 42.7 Å². The van der Waals surface area contributed by atoms with Crippen LogP contribution in [-0.2, 0) is 12.1 Å². The Balaban J connectivity index is 1.24. The van der Waals surface area contributed by atoms with Crippen LogP contribution in [0.15, 0.2) is 77.4 Å². The average molecular weight is 385 g/mol. The molecule has 29 heavy (non-hydrogen) atoms. The van der Waals surface area contributed by atoms with E-state index in [9.17, 15) is 4.79 Å². The monoisotopic (exact) mass is 385 g/mol. The standard InChI is InChI=1S/C23H19N3O3/c27-22(25-23(10-11-23)17-6-2-1-3-7-17)21-14-19(29-26-21)15-28-18-8-9-20-16(13-18)5-4-12-24-20/h1-9,12-14H,10-11,15H2,(H,25,27). The van der Waals surface area contributed by atoms with Crippen molar-refractivity contribution in [1.29, 1.82) is 0 Å². The molecule has 0 aliphatic heterocycles. The molecule has 1 fully saturated rings. The van der Waals surface area contributed by atoms with Crippen LogP contribution in [0.25, 0.3) is 10.9 Å². The highest BCUT2D eigenvalue weighted by atomic mass is 16.5. The lowest BCUT2D eigenvalue weighted by atomic mass is 10.0. The summed E-state index contributed by atoms with van der Waals surface area (Å²) in [6.45, 7) is 0.190. The second-order valence-electron chi connectivity index (χ2n) is 7.23. The zero-order valence-electron chi connectivity index (χ0n) is 15.7. The van der Waals surface area contributed by atoms with Gasteiger partial charge in [0.05, 0.1) is 11.1 Å². The van der Waals surface area contributed by atoms with Gasteiger partial charge in [-0.2, -0.15) is 0 Å². The fraction of sp³-hybridized carbons (Fsp3) is 0.174. The van der Waals surface area contributed by atoms with Crippen LogP contribution in [0, 0.1) is 0 Å². The number of rotatable bonds is 6. The second kappa shape index (κ2) is 7.05. The van der Waals surface area contributed by atoms with Crippen LogP contribution in [0.4, 0.5) is 0 Å². The summed E-state index contributed by atoms with van der Waals surface area (Å²) in [7, 11) is 0. The molecule has 5 rings (SSSR count). The van der Waals surface area contributed by atoms with E-state index < -0.39 is 0 Å². The van der Waals surface area contributed by atoms with Gasteiger partial charge in [0.15, 0.2) is 11.5 Å². The SMILES string of the molecule is O=C(NC1(c2ccccc2)CC1)c1cc(COc2ccc3ncccc3c2)on1. The van der Waals surface area contributed by atoms with Gasteiger partial charge in [0, 0.05) is 17.6 Å². The first kappa shape index (κ1) is 17.4. The van der Waals surface area contributed by atoms with Crippen molar-refractivity contribution in [3.05, 3.63) is 89.9 Å². The van der Waals surface area contributed by atoms with E-state index in [-0.39, 0.29) is 23.7 Å². The van der Waals surface area contributed by atoms with Crippen LogP contribution >= 0.6 is 0 Å². The summed E-state index contributed by atoms with van der Waals surface area (Å²) < 4.78 is 11.1. The molecule has 0 atom stereocenters. The van der Waals surface area contributed by atoms with Crippen LogP contribution in [0.5, 0.6) is 5.75 Å². The highest BCUT2D eigenvalue weighted by molar-refractivity contribution is 5.93. The van der Waals surface area contributed by atoms with Gasteiger partial charge >= 0.3 is 0 Å². The lowest BCUT2D eigenvalue weighted by Crippen LogP contribution is -2.35. The van der Waals surface area contributed by atoms with Crippen molar-refractivity contribution in [1.82, 2.24) is 15.5 Å². The van der Waals surface area contributed by atoms with Crippen LogP contribution < -0.4 is 10.1 Å². The molecule has 0 unspecified atom stereocenters. The maximum absolute atomic E-state index is 12.6. The van der Waals surface area contributed by atoms with Crippen LogP contribution in [-0.4, -0.2) is 16.0 Å². The van der Waals surface area contributed by atoms with Crippen molar-refractivity contribution < 1.29 is 14.1 Å². The summed E-state index contributed by atoms with van der Waals surface area (Å²) >= 11 is 0. The van der Waals surface area contributed by atoms with Crippen LogP contribution in [0.2, 0.25) is 0 Å². The molecule has 0 bridgehead atoms. The summed E-state index contributed by atoms with van der Waals surface area (Å²) in [6.07, 6.45) is 3.61. The van der Waals surface area contributed by atoms with Crippen molar-refractivity contribution in [2.24, 2.45) is 0 Å². The van der Waals surface area contributed by atoms with Gasteiger partial charge in [0.1, 0.15) is 12.4 Å². The molecule has 1 amide bonds. The predicted octanol–water partition coefficient (Wildman–Crippen LogP) is 4.22. The Labute approximate surface area is 167 Å². The number of hydrogen-bond acceptors (Lipinski definition) is 5. The third kappa shape index (κ3) is 3.57. The Hall–Kier alpha value is -3.67. The number of pyridine rings is 1. The number of ether oxygens (including phenoxy) is 1. The number of carbonyl (C=O) groups is 1. The Morgan fingerprint density at radius 3 is 2.76 bits per heavy atom. The third-order valence-corrected chi connectivity index (χ3v) is 5.18. The number of fused-ring (bicyclic) bond motifs is 1. The summed E-state index contributed by atoms with van der Waals surface area (Å²) in [6, 6.07) is 21.2. The molecular formula is C23H19N3O3. The minimum atomic E-state index is -0.285. The zero-order valence-corrected chi connectivity index (χ0v) is 15.7. The van der Waals surface area contributed by atoms with Crippen molar-refractivity contribution >= 4 is 16.8 Å². The van der Waals surface area contributed by atoms with Gasteiger partial charge in [-0.3, -0.25) is 9.78 Å². The van der Waals surface area contributed by atoms with Gasteiger partial charge in [0.25, 0.3) is 5.91 Å². The predicted molar refractivity (Wildman–Crippen MR) is 107 cm³/mol. The number of carbonyl (C=O) groups excluding carboxylic acids is 1. The Kier molecular flexibility index (Phi) is 4.24. The zero-order chi connectivity index (χ0) is 19.7. The van der Waals surface area contributed by atoms with Gasteiger partial charge in [0.2, 0.25) is 0 Å². The van der Waals surface area contributed by atoms with E-state index in [0.29, 0.717) is 11.5 Å². The molecule has 1 aliphatic rings. The minimum absolute atomic E-state index is 0.190. The highest BCUT2D eigenvalue weighted by Crippen LogP contribution is 2.45. The van der Waals surface area contributed by atoms with E-state index in [1.54, 1.807) is 12.3 Å². The molecule has 2 aromatic heterocycles. The minimum Gasteiger partial charge on any atom is -0.486 e. The lowest BCUT2D eigenvalue weighted by molar-refractivity contribution is 0.0921. The van der Waals surface area contributed by atoms with E-state index in [2.05, 4.69) is 15.5 Å². The highest BCUT2D eigenvalue weighted by Gasteiger charge is 2.45. The summed E-state index contributed by atoms with van der Waals surface area (Å²) in [4.78, 5) is 16.9. The molecule has 2 heterocycles. The lowest BCUT2D eigenvalue weighted by Gasteiger charge is -2.16. The second-order valence-corrected chi connectivity index (χ2v) is 7.23. The van der Waals surface area contributed by atoms with Crippen LogP contribution in [0.1, 0.15) is 34.7 Å². The molecule has 0 saturated heterocycles. The number of aromatic nitrogens is 2. The molecule has 6 heteroatoms. The molecule has 1 N–H and O–H groups in total. The number of hydrogen-bond donors (Lipinski definition) is 1. The molecular weight excluding hydrogens is 366 g/mol. The normalized spacial score (nSPS) is 14.5. The first-order valence-corrected chi connectivity index (χ1v) is 9.53.